The van der Waals surface area contributed by atoms with Crippen LogP contribution in [0.2, 0.25) is 0 Å². The zero-order chi connectivity index (χ0) is 14.0. The topological polar surface area (TPSA) is 75.6 Å². The maximum Gasteiger partial charge on any atom is 0.326 e. The highest BCUT2D eigenvalue weighted by Crippen LogP contribution is 2.37. The summed E-state index contributed by atoms with van der Waals surface area (Å²) in [6.07, 6.45) is 1.43. The third-order valence-corrected chi connectivity index (χ3v) is 3.16. The van der Waals surface area contributed by atoms with Crippen molar-refractivity contribution in [3.63, 3.8) is 0 Å². The predicted molar refractivity (Wildman–Crippen MR) is 69.2 cm³/mol. The zero-order valence-electron chi connectivity index (χ0n) is 11.0. The third-order valence-electron chi connectivity index (χ3n) is 3.16. The van der Waals surface area contributed by atoms with Crippen LogP contribution in [0.5, 0.6) is 5.75 Å². The fraction of sp³-hybridized carbons (Fsp3) is 0.429. The van der Waals surface area contributed by atoms with E-state index in [-0.39, 0.29) is 12.0 Å². The maximum atomic E-state index is 11.1. The molecule has 2 N–H and O–H groups in total. The highest BCUT2D eigenvalue weighted by Gasteiger charge is 2.32. The van der Waals surface area contributed by atoms with E-state index in [4.69, 9.17) is 9.84 Å². The van der Waals surface area contributed by atoms with Crippen molar-refractivity contribution in [1.82, 2.24) is 5.32 Å². The Morgan fingerprint density at radius 3 is 2.95 bits per heavy atom. The maximum absolute atomic E-state index is 11.1. The number of carbonyl (C=O) groups excluding carboxylic acids is 1. The van der Waals surface area contributed by atoms with E-state index >= 15 is 0 Å². The SMILES string of the molecule is CC1(C)Cc2cccc(CC(NC=O)C(=O)O)c2O1. The Bertz CT molecular complexity index is 510. The van der Waals surface area contributed by atoms with Gasteiger partial charge in [-0.3, -0.25) is 4.79 Å². The molecular formula is C14H17NO4. The molecule has 1 aliphatic heterocycles. The minimum Gasteiger partial charge on any atom is -0.487 e. The summed E-state index contributed by atoms with van der Waals surface area (Å²) in [4.78, 5) is 21.5. The van der Waals surface area contributed by atoms with Crippen LogP contribution in [0.25, 0.3) is 0 Å². The van der Waals surface area contributed by atoms with Crippen molar-refractivity contribution in [3.05, 3.63) is 29.3 Å². The number of fused-ring (bicyclic) bond motifs is 1. The van der Waals surface area contributed by atoms with E-state index in [1.807, 2.05) is 32.0 Å². The summed E-state index contributed by atoms with van der Waals surface area (Å²) in [7, 11) is 0. The number of carboxylic acid groups (broad SMARTS) is 1. The Morgan fingerprint density at radius 1 is 1.58 bits per heavy atom. The second-order valence-corrected chi connectivity index (χ2v) is 5.32. The molecule has 1 aliphatic rings. The first kappa shape index (κ1) is 13.4. The van der Waals surface area contributed by atoms with Crippen molar-refractivity contribution in [2.45, 2.75) is 38.3 Å². The van der Waals surface area contributed by atoms with Crippen molar-refractivity contribution in [3.8, 4) is 5.75 Å². The lowest BCUT2D eigenvalue weighted by Crippen LogP contribution is -2.37. The lowest BCUT2D eigenvalue weighted by atomic mass is 9.98. The lowest BCUT2D eigenvalue weighted by molar-refractivity contribution is -0.140. The molecule has 0 spiro atoms. The van der Waals surface area contributed by atoms with Crippen molar-refractivity contribution in [1.29, 1.82) is 0 Å². The molecule has 0 radical (unpaired) electrons. The molecule has 19 heavy (non-hydrogen) atoms. The highest BCUT2D eigenvalue weighted by atomic mass is 16.5. The zero-order valence-corrected chi connectivity index (χ0v) is 11.0. The van der Waals surface area contributed by atoms with Gasteiger partial charge in [-0.1, -0.05) is 18.2 Å². The molecule has 102 valence electrons. The van der Waals surface area contributed by atoms with Crippen molar-refractivity contribution in [2.75, 3.05) is 0 Å². The van der Waals surface area contributed by atoms with Gasteiger partial charge in [0.15, 0.2) is 0 Å². The lowest BCUT2D eigenvalue weighted by Gasteiger charge is -2.19. The molecule has 1 aromatic carbocycles. The average molecular weight is 263 g/mol. The smallest absolute Gasteiger partial charge is 0.326 e. The minimum atomic E-state index is -1.05. The van der Waals surface area contributed by atoms with Crippen LogP contribution in [0.3, 0.4) is 0 Å². The number of rotatable bonds is 5. The van der Waals surface area contributed by atoms with Gasteiger partial charge in [0.1, 0.15) is 17.4 Å². The number of carboxylic acids is 1. The summed E-state index contributed by atoms with van der Waals surface area (Å²) < 4.78 is 5.88. The van der Waals surface area contributed by atoms with E-state index in [1.165, 1.54) is 0 Å². The Morgan fingerprint density at radius 2 is 2.32 bits per heavy atom. The first-order valence-corrected chi connectivity index (χ1v) is 6.15. The van der Waals surface area contributed by atoms with Gasteiger partial charge < -0.3 is 15.2 Å². The number of nitrogens with one attached hydrogen (secondary N) is 1. The number of hydrogen-bond acceptors (Lipinski definition) is 3. The van der Waals surface area contributed by atoms with Gasteiger partial charge in [-0.15, -0.1) is 0 Å². The van der Waals surface area contributed by atoms with Gasteiger partial charge in [-0.2, -0.15) is 0 Å². The van der Waals surface area contributed by atoms with Crippen LogP contribution in [-0.2, 0) is 22.4 Å². The monoisotopic (exact) mass is 263 g/mol. The Kier molecular flexibility index (Phi) is 3.46. The predicted octanol–water partition coefficient (Wildman–Crippen LogP) is 1.14. The normalized spacial score (nSPS) is 17.2. The van der Waals surface area contributed by atoms with E-state index < -0.39 is 12.0 Å². The Balaban J connectivity index is 2.25. The van der Waals surface area contributed by atoms with Crippen LogP contribution in [0.1, 0.15) is 25.0 Å². The molecule has 5 nitrogen and oxygen atoms in total. The fourth-order valence-electron chi connectivity index (χ4n) is 2.36. The van der Waals surface area contributed by atoms with Crippen LogP contribution in [0, 0.1) is 0 Å². The molecule has 1 aromatic rings. The van der Waals surface area contributed by atoms with E-state index in [9.17, 15) is 9.59 Å². The number of para-hydroxylation sites is 1. The number of ether oxygens (including phenoxy) is 1. The van der Waals surface area contributed by atoms with Crippen molar-refractivity contribution < 1.29 is 19.4 Å². The molecule has 0 bridgehead atoms. The largest absolute Gasteiger partial charge is 0.487 e. The second-order valence-electron chi connectivity index (χ2n) is 5.32. The van der Waals surface area contributed by atoms with E-state index in [0.29, 0.717) is 6.41 Å². The van der Waals surface area contributed by atoms with Gasteiger partial charge in [-0.25, -0.2) is 4.79 Å². The quantitative estimate of drug-likeness (QED) is 0.781. The number of benzene rings is 1. The van der Waals surface area contributed by atoms with E-state index in [0.717, 1.165) is 23.3 Å². The van der Waals surface area contributed by atoms with Crippen LogP contribution < -0.4 is 10.1 Å². The highest BCUT2D eigenvalue weighted by molar-refractivity contribution is 5.76. The molecule has 1 amide bonds. The van der Waals surface area contributed by atoms with Crippen LogP contribution in [0.15, 0.2) is 18.2 Å². The molecule has 0 saturated heterocycles. The van der Waals surface area contributed by atoms with E-state index in [2.05, 4.69) is 5.32 Å². The summed E-state index contributed by atoms with van der Waals surface area (Å²) in [5, 5.41) is 11.4. The summed E-state index contributed by atoms with van der Waals surface area (Å²) in [5.74, 6) is -0.298. The number of hydrogen-bond donors (Lipinski definition) is 2. The summed E-state index contributed by atoms with van der Waals surface area (Å²) >= 11 is 0. The molecule has 0 aromatic heterocycles. The summed E-state index contributed by atoms with van der Waals surface area (Å²) in [6.45, 7) is 3.99. The standard InChI is InChI=1S/C14H17NO4/c1-14(2)7-10-5-3-4-9(12(10)19-14)6-11(13(17)18)15-8-16/h3-5,8,11H,6-7H2,1-2H3,(H,15,16)(H,17,18). The molecule has 0 saturated carbocycles. The minimum absolute atomic E-state index is 0.216. The van der Waals surface area contributed by atoms with E-state index in [1.54, 1.807) is 0 Å². The molecule has 0 fully saturated rings. The molecular weight excluding hydrogens is 246 g/mol. The Hall–Kier alpha value is -2.04. The average Bonchev–Trinajstić information content (AvgIpc) is 2.63. The molecule has 1 heterocycles. The van der Waals surface area contributed by atoms with Crippen LogP contribution in [0.4, 0.5) is 0 Å². The first-order valence-electron chi connectivity index (χ1n) is 6.15. The van der Waals surface area contributed by atoms with Gasteiger partial charge >= 0.3 is 5.97 Å². The first-order chi connectivity index (χ1) is 8.93. The molecule has 1 atom stereocenters. The van der Waals surface area contributed by atoms with Gasteiger partial charge in [0.2, 0.25) is 6.41 Å². The number of aliphatic carboxylic acids is 1. The number of carbonyl (C=O) groups is 2. The molecule has 0 aliphatic carbocycles. The Labute approximate surface area is 111 Å². The number of amides is 1. The van der Waals surface area contributed by atoms with Gasteiger partial charge in [0.05, 0.1) is 0 Å². The van der Waals surface area contributed by atoms with Crippen molar-refractivity contribution >= 4 is 12.4 Å². The van der Waals surface area contributed by atoms with Crippen LogP contribution in [-0.4, -0.2) is 29.1 Å². The third kappa shape index (κ3) is 2.86. The molecule has 2 rings (SSSR count). The second kappa shape index (κ2) is 4.91. The van der Waals surface area contributed by atoms with Gasteiger partial charge in [0.25, 0.3) is 0 Å². The summed E-state index contributed by atoms with van der Waals surface area (Å²) in [5.41, 5.74) is 1.62. The molecule has 5 heteroatoms. The van der Waals surface area contributed by atoms with Gasteiger partial charge in [-0.05, 0) is 25.0 Å². The fourth-order valence-corrected chi connectivity index (χ4v) is 2.36. The molecule has 1 unspecified atom stereocenters. The van der Waals surface area contributed by atoms with Crippen molar-refractivity contribution in [2.24, 2.45) is 0 Å². The summed E-state index contributed by atoms with van der Waals surface area (Å²) in [6, 6.07) is 4.77. The van der Waals surface area contributed by atoms with Gasteiger partial charge in [0, 0.05) is 12.8 Å². The van der Waals surface area contributed by atoms with Crippen LogP contribution >= 0.6 is 0 Å².